The largest absolute Gasteiger partial charge is 0.454 e. The average Bonchev–Trinajstić information content (AvgIpc) is 3.46. The van der Waals surface area contributed by atoms with Crippen LogP contribution in [0.15, 0.2) is 72.9 Å². The lowest BCUT2D eigenvalue weighted by Gasteiger charge is -2.18. The second kappa shape index (κ2) is 8.98. The number of amides is 1. The van der Waals surface area contributed by atoms with Gasteiger partial charge in [0.2, 0.25) is 12.7 Å². The van der Waals surface area contributed by atoms with E-state index in [-0.39, 0.29) is 30.9 Å². The van der Waals surface area contributed by atoms with Crippen LogP contribution in [0.4, 0.5) is 4.39 Å². The molecule has 1 amide bonds. The van der Waals surface area contributed by atoms with Crippen molar-refractivity contribution in [3.05, 3.63) is 95.4 Å². The normalized spacial score (nSPS) is 13.3. The molecular weight excluding hydrogens is 419 g/mol. The average molecular weight is 445 g/mol. The van der Waals surface area contributed by atoms with E-state index in [2.05, 4.69) is 35.1 Å². The van der Waals surface area contributed by atoms with Gasteiger partial charge in [0, 0.05) is 42.5 Å². The standard InChI is InChI=1S/C27H25FN2O3/c1-2-30-16-23(21-5-3-4-6-24(21)30)22(19-9-12-25-26(13-19)33-17-32-25)14-27(31)29-15-18-7-10-20(28)11-8-18/h3-13,16,22H,2,14-15,17H2,1H3,(H,29,31). The van der Waals surface area contributed by atoms with Gasteiger partial charge >= 0.3 is 0 Å². The molecule has 1 N–H and O–H groups in total. The highest BCUT2D eigenvalue weighted by Crippen LogP contribution is 2.40. The van der Waals surface area contributed by atoms with Crippen LogP contribution in [-0.4, -0.2) is 17.3 Å². The van der Waals surface area contributed by atoms with Crippen LogP contribution >= 0.6 is 0 Å². The zero-order valence-corrected chi connectivity index (χ0v) is 18.4. The van der Waals surface area contributed by atoms with Gasteiger partial charge in [-0.2, -0.15) is 0 Å². The van der Waals surface area contributed by atoms with Crippen LogP contribution in [0.25, 0.3) is 10.9 Å². The van der Waals surface area contributed by atoms with E-state index in [4.69, 9.17) is 9.47 Å². The van der Waals surface area contributed by atoms with Crippen molar-refractivity contribution in [2.45, 2.75) is 32.4 Å². The van der Waals surface area contributed by atoms with E-state index in [9.17, 15) is 9.18 Å². The SMILES string of the molecule is CCn1cc(C(CC(=O)NCc2ccc(F)cc2)c2ccc3c(c2)OCO3)c2ccccc21. The molecule has 1 aliphatic rings. The molecule has 33 heavy (non-hydrogen) atoms. The van der Waals surface area contributed by atoms with Crippen LogP contribution in [0.5, 0.6) is 11.5 Å². The van der Waals surface area contributed by atoms with Crippen molar-refractivity contribution in [3.8, 4) is 11.5 Å². The molecule has 168 valence electrons. The molecule has 0 fully saturated rings. The molecule has 1 unspecified atom stereocenters. The van der Waals surface area contributed by atoms with Gasteiger partial charge in [-0.05, 0) is 53.9 Å². The zero-order valence-electron chi connectivity index (χ0n) is 18.4. The Bertz CT molecular complexity index is 1300. The Morgan fingerprint density at radius 1 is 1.06 bits per heavy atom. The number of ether oxygens (including phenoxy) is 2. The van der Waals surface area contributed by atoms with Gasteiger partial charge in [0.25, 0.3) is 0 Å². The zero-order chi connectivity index (χ0) is 22.8. The van der Waals surface area contributed by atoms with Crippen molar-refractivity contribution < 1.29 is 18.7 Å². The third kappa shape index (κ3) is 4.29. The Morgan fingerprint density at radius 3 is 2.67 bits per heavy atom. The van der Waals surface area contributed by atoms with Crippen molar-refractivity contribution in [2.24, 2.45) is 0 Å². The maximum atomic E-state index is 13.2. The highest BCUT2D eigenvalue weighted by molar-refractivity contribution is 5.86. The van der Waals surface area contributed by atoms with Crippen molar-refractivity contribution in [3.63, 3.8) is 0 Å². The molecule has 1 aromatic heterocycles. The molecule has 1 aliphatic heterocycles. The Kier molecular flexibility index (Phi) is 5.73. The first kappa shape index (κ1) is 21.1. The van der Waals surface area contributed by atoms with E-state index in [0.29, 0.717) is 18.0 Å². The second-order valence-electron chi connectivity index (χ2n) is 8.16. The first-order chi connectivity index (χ1) is 16.1. The number of para-hydroxylation sites is 1. The Hall–Kier alpha value is -3.80. The number of nitrogens with one attached hydrogen (secondary N) is 1. The minimum Gasteiger partial charge on any atom is -0.454 e. The number of fused-ring (bicyclic) bond motifs is 2. The van der Waals surface area contributed by atoms with Crippen LogP contribution < -0.4 is 14.8 Å². The number of rotatable bonds is 7. The van der Waals surface area contributed by atoms with Gasteiger partial charge in [-0.25, -0.2) is 4.39 Å². The summed E-state index contributed by atoms with van der Waals surface area (Å²) in [5, 5.41) is 4.12. The highest BCUT2D eigenvalue weighted by Gasteiger charge is 2.25. The molecule has 6 heteroatoms. The Morgan fingerprint density at radius 2 is 1.85 bits per heavy atom. The van der Waals surface area contributed by atoms with Gasteiger partial charge in [0.15, 0.2) is 11.5 Å². The van der Waals surface area contributed by atoms with E-state index in [1.54, 1.807) is 12.1 Å². The maximum absolute atomic E-state index is 13.2. The molecule has 0 bridgehead atoms. The number of aromatic nitrogens is 1. The summed E-state index contributed by atoms with van der Waals surface area (Å²) < 4.78 is 26.5. The number of nitrogens with zero attached hydrogens (tertiary/aromatic N) is 1. The lowest BCUT2D eigenvalue weighted by molar-refractivity contribution is -0.121. The third-order valence-electron chi connectivity index (χ3n) is 6.13. The lowest BCUT2D eigenvalue weighted by Crippen LogP contribution is -2.25. The molecule has 0 saturated heterocycles. The smallest absolute Gasteiger partial charge is 0.231 e. The number of carbonyl (C=O) groups excluding carboxylic acids is 1. The van der Waals surface area contributed by atoms with E-state index in [1.165, 1.54) is 12.1 Å². The first-order valence-corrected chi connectivity index (χ1v) is 11.1. The number of carbonyl (C=O) groups is 1. The van der Waals surface area contributed by atoms with Gasteiger partial charge in [-0.3, -0.25) is 4.79 Å². The fraction of sp³-hybridized carbons (Fsp3) is 0.222. The molecule has 2 heterocycles. The summed E-state index contributed by atoms with van der Waals surface area (Å²) >= 11 is 0. The topological polar surface area (TPSA) is 52.5 Å². The number of hydrogen-bond acceptors (Lipinski definition) is 3. The highest BCUT2D eigenvalue weighted by atomic mass is 19.1. The van der Waals surface area contributed by atoms with Gasteiger partial charge in [0.05, 0.1) is 0 Å². The Labute approximate surface area is 191 Å². The van der Waals surface area contributed by atoms with Gasteiger partial charge in [-0.1, -0.05) is 36.4 Å². The fourth-order valence-corrected chi connectivity index (χ4v) is 4.41. The molecule has 0 radical (unpaired) electrons. The van der Waals surface area contributed by atoms with Crippen LogP contribution in [-0.2, 0) is 17.9 Å². The molecule has 4 aromatic rings. The maximum Gasteiger partial charge on any atom is 0.231 e. The molecule has 1 atom stereocenters. The van der Waals surface area contributed by atoms with Crippen LogP contribution in [0.1, 0.15) is 36.0 Å². The molecule has 5 nitrogen and oxygen atoms in total. The van der Waals surface area contributed by atoms with Gasteiger partial charge in [0.1, 0.15) is 5.82 Å². The number of aryl methyl sites for hydroxylation is 1. The van der Waals surface area contributed by atoms with Gasteiger partial charge < -0.3 is 19.4 Å². The molecule has 0 aliphatic carbocycles. The molecular formula is C27H25FN2O3. The van der Waals surface area contributed by atoms with E-state index in [1.807, 2.05) is 30.3 Å². The van der Waals surface area contributed by atoms with Crippen molar-refractivity contribution in [1.82, 2.24) is 9.88 Å². The summed E-state index contributed by atoms with van der Waals surface area (Å²) in [7, 11) is 0. The number of hydrogen-bond donors (Lipinski definition) is 1. The summed E-state index contributed by atoms with van der Waals surface area (Å²) in [5.41, 5.74) is 4.10. The monoisotopic (exact) mass is 444 g/mol. The number of halogens is 1. The van der Waals surface area contributed by atoms with Crippen molar-refractivity contribution in [1.29, 1.82) is 0 Å². The molecule has 3 aromatic carbocycles. The third-order valence-corrected chi connectivity index (χ3v) is 6.13. The van der Waals surface area contributed by atoms with E-state index >= 15 is 0 Å². The summed E-state index contributed by atoms with van der Waals surface area (Å²) in [6.07, 6.45) is 2.42. The molecule has 0 spiro atoms. The molecule has 0 saturated carbocycles. The predicted octanol–water partition coefficient (Wildman–Crippen LogP) is 5.37. The first-order valence-electron chi connectivity index (χ1n) is 11.1. The van der Waals surface area contributed by atoms with Crippen molar-refractivity contribution in [2.75, 3.05) is 6.79 Å². The summed E-state index contributed by atoms with van der Waals surface area (Å²) in [5.74, 6) is 0.888. The quantitative estimate of drug-likeness (QED) is 0.417. The minimum absolute atomic E-state index is 0.0738. The Balaban J connectivity index is 1.47. The van der Waals surface area contributed by atoms with Crippen LogP contribution in [0.3, 0.4) is 0 Å². The second-order valence-corrected chi connectivity index (χ2v) is 8.16. The number of benzene rings is 3. The van der Waals surface area contributed by atoms with Gasteiger partial charge in [-0.15, -0.1) is 0 Å². The lowest BCUT2D eigenvalue weighted by atomic mass is 9.87. The summed E-state index contributed by atoms with van der Waals surface area (Å²) in [6.45, 7) is 3.51. The van der Waals surface area contributed by atoms with Crippen molar-refractivity contribution >= 4 is 16.8 Å². The van der Waals surface area contributed by atoms with E-state index in [0.717, 1.165) is 34.1 Å². The predicted molar refractivity (Wildman–Crippen MR) is 125 cm³/mol. The van der Waals surface area contributed by atoms with Crippen LogP contribution in [0.2, 0.25) is 0 Å². The summed E-state index contributed by atoms with van der Waals surface area (Å²) in [4.78, 5) is 13.0. The minimum atomic E-state index is -0.291. The molecule has 5 rings (SSSR count). The van der Waals surface area contributed by atoms with Crippen LogP contribution in [0, 0.1) is 5.82 Å². The fourth-order valence-electron chi connectivity index (χ4n) is 4.41. The summed E-state index contributed by atoms with van der Waals surface area (Å²) in [6, 6.07) is 20.3. The van der Waals surface area contributed by atoms with E-state index < -0.39 is 0 Å².